The molecule has 0 radical (unpaired) electrons. The predicted octanol–water partition coefficient (Wildman–Crippen LogP) is 4.48. The highest BCUT2D eigenvalue weighted by atomic mass is 16.4. The zero-order valence-corrected chi connectivity index (χ0v) is 12.0. The molecular weight excluding hydrogens is 224 g/mol. The summed E-state index contributed by atoms with van der Waals surface area (Å²) in [7, 11) is 0. The third-order valence-electron chi connectivity index (χ3n) is 5.74. The lowest BCUT2D eigenvalue weighted by Gasteiger charge is -2.47. The molecule has 1 N–H and O–H groups in total. The van der Waals surface area contributed by atoms with Crippen LogP contribution >= 0.6 is 0 Å². The van der Waals surface area contributed by atoms with Gasteiger partial charge in [-0.1, -0.05) is 39.5 Å². The molecule has 0 heterocycles. The average Bonchev–Trinajstić information content (AvgIpc) is 2.39. The Morgan fingerprint density at radius 1 is 1.17 bits per heavy atom. The molecule has 104 valence electrons. The van der Waals surface area contributed by atoms with Gasteiger partial charge in [-0.25, -0.2) is 0 Å². The van der Waals surface area contributed by atoms with Crippen LogP contribution in [0.1, 0.15) is 71.6 Å². The van der Waals surface area contributed by atoms with E-state index < -0.39 is 5.97 Å². The molecule has 0 aromatic heterocycles. The van der Waals surface area contributed by atoms with Crippen molar-refractivity contribution in [1.82, 2.24) is 0 Å². The fraction of sp³-hybridized carbons (Fsp3) is 0.938. The number of carboxylic acid groups (broad SMARTS) is 1. The maximum atomic E-state index is 11.9. The van der Waals surface area contributed by atoms with Gasteiger partial charge >= 0.3 is 5.97 Å². The molecule has 18 heavy (non-hydrogen) atoms. The summed E-state index contributed by atoms with van der Waals surface area (Å²) >= 11 is 0. The van der Waals surface area contributed by atoms with Crippen LogP contribution in [0.3, 0.4) is 0 Å². The van der Waals surface area contributed by atoms with Gasteiger partial charge in [-0.05, 0) is 49.9 Å². The number of hydrogen-bond acceptors (Lipinski definition) is 1. The number of aliphatic carboxylic acids is 1. The second-order valence-electron chi connectivity index (χ2n) is 6.70. The number of rotatable bonds is 3. The maximum Gasteiger partial charge on any atom is 0.309 e. The van der Waals surface area contributed by atoms with Crippen molar-refractivity contribution >= 4 is 5.97 Å². The van der Waals surface area contributed by atoms with Gasteiger partial charge in [0, 0.05) is 0 Å². The molecule has 0 amide bonds. The second kappa shape index (κ2) is 5.63. The monoisotopic (exact) mass is 252 g/mol. The van der Waals surface area contributed by atoms with Crippen LogP contribution in [0, 0.1) is 23.2 Å². The van der Waals surface area contributed by atoms with Crippen molar-refractivity contribution in [2.24, 2.45) is 23.2 Å². The molecule has 2 atom stereocenters. The van der Waals surface area contributed by atoms with Crippen molar-refractivity contribution in [3.05, 3.63) is 0 Å². The minimum atomic E-state index is -0.500. The third-order valence-corrected chi connectivity index (χ3v) is 5.74. The molecule has 0 aromatic rings. The third kappa shape index (κ3) is 2.44. The second-order valence-corrected chi connectivity index (χ2v) is 6.70. The van der Waals surface area contributed by atoms with Gasteiger partial charge in [0.1, 0.15) is 0 Å². The van der Waals surface area contributed by atoms with Crippen molar-refractivity contribution in [2.75, 3.05) is 0 Å². The summed E-state index contributed by atoms with van der Waals surface area (Å²) in [6.07, 6.45) is 10.2. The lowest BCUT2D eigenvalue weighted by atomic mass is 9.57. The molecule has 2 aliphatic carbocycles. The highest BCUT2D eigenvalue weighted by molar-refractivity contribution is 5.75. The van der Waals surface area contributed by atoms with E-state index in [0.717, 1.165) is 44.4 Å². The van der Waals surface area contributed by atoms with E-state index in [1.54, 1.807) is 0 Å². The van der Waals surface area contributed by atoms with Crippen molar-refractivity contribution in [3.63, 3.8) is 0 Å². The van der Waals surface area contributed by atoms with Crippen molar-refractivity contribution in [3.8, 4) is 0 Å². The summed E-state index contributed by atoms with van der Waals surface area (Å²) in [4.78, 5) is 11.9. The first kappa shape index (κ1) is 13.9. The van der Waals surface area contributed by atoms with Gasteiger partial charge in [-0.15, -0.1) is 0 Å². The fourth-order valence-electron chi connectivity index (χ4n) is 4.44. The van der Waals surface area contributed by atoms with Crippen LogP contribution in [0.15, 0.2) is 0 Å². The summed E-state index contributed by atoms with van der Waals surface area (Å²) in [6, 6.07) is 0. The van der Waals surface area contributed by atoms with Crippen molar-refractivity contribution in [1.29, 1.82) is 0 Å². The summed E-state index contributed by atoms with van der Waals surface area (Å²) < 4.78 is 0. The molecule has 0 bridgehead atoms. The van der Waals surface area contributed by atoms with Crippen LogP contribution in [-0.2, 0) is 4.79 Å². The highest BCUT2D eigenvalue weighted by Crippen LogP contribution is 2.52. The minimum Gasteiger partial charge on any atom is -0.481 e. The Hall–Kier alpha value is -0.530. The molecule has 0 aromatic carbocycles. The number of hydrogen-bond donors (Lipinski definition) is 1. The Kier molecular flexibility index (Phi) is 4.34. The molecule has 0 spiro atoms. The van der Waals surface area contributed by atoms with Crippen LogP contribution in [0.2, 0.25) is 0 Å². The van der Waals surface area contributed by atoms with Crippen LogP contribution in [0.4, 0.5) is 0 Å². The van der Waals surface area contributed by atoms with Gasteiger partial charge in [0.05, 0.1) is 5.41 Å². The first-order valence-corrected chi connectivity index (χ1v) is 7.83. The summed E-state index contributed by atoms with van der Waals surface area (Å²) in [6.45, 7) is 4.51. The van der Waals surface area contributed by atoms with Crippen molar-refractivity contribution in [2.45, 2.75) is 71.6 Å². The largest absolute Gasteiger partial charge is 0.481 e. The lowest BCUT2D eigenvalue weighted by molar-refractivity contribution is -0.159. The normalized spacial score (nSPS) is 41.6. The average molecular weight is 252 g/mol. The summed E-state index contributed by atoms with van der Waals surface area (Å²) in [5.41, 5.74) is -0.381. The Bertz CT molecular complexity index is 289. The SMILES string of the molecule is CCC1CCCCC1C1(C(=O)O)CCC(C)CC1. The number of carbonyl (C=O) groups is 1. The van der Waals surface area contributed by atoms with Crippen LogP contribution in [-0.4, -0.2) is 11.1 Å². The van der Waals surface area contributed by atoms with E-state index >= 15 is 0 Å². The van der Waals surface area contributed by atoms with Gasteiger partial charge < -0.3 is 5.11 Å². The summed E-state index contributed by atoms with van der Waals surface area (Å²) in [5.74, 6) is 1.32. The standard InChI is InChI=1S/C16H28O2/c1-3-13-6-4-5-7-14(13)16(15(17)18)10-8-12(2)9-11-16/h12-14H,3-11H2,1-2H3,(H,17,18). The van der Waals surface area contributed by atoms with Crippen LogP contribution < -0.4 is 0 Å². The van der Waals surface area contributed by atoms with Gasteiger partial charge in [0.2, 0.25) is 0 Å². The maximum absolute atomic E-state index is 11.9. The zero-order valence-electron chi connectivity index (χ0n) is 12.0. The van der Waals surface area contributed by atoms with E-state index in [4.69, 9.17) is 0 Å². The quantitative estimate of drug-likeness (QED) is 0.804. The van der Waals surface area contributed by atoms with E-state index in [-0.39, 0.29) is 5.41 Å². The van der Waals surface area contributed by atoms with Gasteiger partial charge in [0.15, 0.2) is 0 Å². The van der Waals surface area contributed by atoms with Gasteiger partial charge in [-0.3, -0.25) is 4.79 Å². The first-order chi connectivity index (χ1) is 8.60. The fourth-order valence-corrected chi connectivity index (χ4v) is 4.44. The highest BCUT2D eigenvalue weighted by Gasteiger charge is 2.49. The summed E-state index contributed by atoms with van der Waals surface area (Å²) in [5, 5.41) is 9.84. The molecule has 0 saturated heterocycles. The smallest absolute Gasteiger partial charge is 0.309 e. The van der Waals surface area contributed by atoms with E-state index in [9.17, 15) is 9.90 Å². The first-order valence-electron chi connectivity index (χ1n) is 7.83. The Morgan fingerprint density at radius 3 is 2.33 bits per heavy atom. The molecule has 0 aliphatic heterocycles. The Labute approximate surface area is 111 Å². The molecule has 2 heteroatoms. The van der Waals surface area contributed by atoms with Crippen molar-refractivity contribution < 1.29 is 9.90 Å². The van der Waals surface area contributed by atoms with Gasteiger partial charge in [-0.2, -0.15) is 0 Å². The molecule has 2 nitrogen and oxygen atoms in total. The van der Waals surface area contributed by atoms with Crippen LogP contribution in [0.5, 0.6) is 0 Å². The van der Waals surface area contributed by atoms with E-state index in [2.05, 4.69) is 13.8 Å². The lowest BCUT2D eigenvalue weighted by Crippen LogP contribution is -2.45. The van der Waals surface area contributed by atoms with E-state index in [0.29, 0.717) is 11.8 Å². The molecule has 2 aliphatic rings. The molecule has 2 fully saturated rings. The predicted molar refractivity (Wildman–Crippen MR) is 73.4 cm³/mol. The molecule has 2 unspecified atom stereocenters. The van der Waals surface area contributed by atoms with Crippen LogP contribution in [0.25, 0.3) is 0 Å². The Balaban J connectivity index is 2.20. The molecule has 2 saturated carbocycles. The molecule has 2 rings (SSSR count). The minimum absolute atomic E-state index is 0.381. The van der Waals surface area contributed by atoms with E-state index in [1.807, 2.05) is 0 Å². The zero-order chi connectivity index (χ0) is 13.2. The number of carboxylic acids is 1. The van der Waals surface area contributed by atoms with Gasteiger partial charge in [0.25, 0.3) is 0 Å². The van der Waals surface area contributed by atoms with E-state index in [1.165, 1.54) is 19.3 Å². The Morgan fingerprint density at radius 2 is 1.78 bits per heavy atom. The molecular formula is C16H28O2. The topological polar surface area (TPSA) is 37.3 Å².